The van der Waals surface area contributed by atoms with Gasteiger partial charge < -0.3 is 16.5 Å². The van der Waals surface area contributed by atoms with Crippen LogP contribution >= 0.6 is 11.8 Å². The Labute approximate surface area is 199 Å². The van der Waals surface area contributed by atoms with Gasteiger partial charge in [0.2, 0.25) is 6.41 Å². The third kappa shape index (κ3) is 9.56. The van der Waals surface area contributed by atoms with E-state index in [4.69, 9.17) is 11.1 Å². The van der Waals surface area contributed by atoms with Gasteiger partial charge in [0.15, 0.2) is 0 Å². The van der Waals surface area contributed by atoms with Crippen LogP contribution in [-0.4, -0.2) is 17.9 Å². The van der Waals surface area contributed by atoms with Crippen molar-refractivity contribution in [1.82, 2.24) is 5.32 Å². The number of rotatable bonds is 8. The molecule has 1 amide bonds. The lowest BCUT2D eigenvalue weighted by Gasteiger charge is -2.12. The maximum atomic E-state index is 10.2. The van der Waals surface area contributed by atoms with Gasteiger partial charge in [-0.05, 0) is 62.5 Å². The Balaban J connectivity index is 0.000000564. The second-order valence-corrected chi connectivity index (χ2v) is 8.37. The third-order valence-corrected chi connectivity index (χ3v) is 6.30. The van der Waals surface area contributed by atoms with Crippen LogP contribution in [0, 0.1) is 5.41 Å². The summed E-state index contributed by atoms with van der Waals surface area (Å²) in [5.74, 6) is 0. The summed E-state index contributed by atoms with van der Waals surface area (Å²) in [6.45, 7) is 19.4. The van der Waals surface area contributed by atoms with Gasteiger partial charge in [-0.1, -0.05) is 62.9 Å². The number of fused-ring (bicyclic) bond motifs is 1. The van der Waals surface area contributed by atoms with Crippen LogP contribution in [0.25, 0.3) is 0 Å². The topological polar surface area (TPSA) is 79.0 Å². The molecule has 0 saturated heterocycles. The summed E-state index contributed by atoms with van der Waals surface area (Å²) in [4.78, 5) is 11.5. The van der Waals surface area contributed by atoms with Gasteiger partial charge in [-0.2, -0.15) is 0 Å². The maximum absolute atomic E-state index is 10.2. The van der Waals surface area contributed by atoms with Gasteiger partial charge in [-0.25, -0.2) is 0 Å². The second-order valence-electron chi connectivity index (χ2n) is 7.13. The fourth-order valence-electron chi connectivity index (χ4n) is 2.86. The van der Waals surface area contributed by atoms with Crippen molar-refractivity contribution in [3.63, 3.8) is 0 Å². The van der Waals surface area contributed by atoms with Crippen LogP contribution in [0.1, 0.15) is 53.5 Å². The van der Waals surface area contributed by atoms with Gasteiger partial charge in [0.25, 0.3) is 0 Å². The standard InChI is InChI=1S/C13H16N2S.C12H17NO.C2H6/c1-9(11(15)6-7-14)13-8-10-4-2-3-5-12(10)16-13;1-6-12(9(2)3)7-10(4)11(5)13-8-14;1-2/h2-5,7,13-14H,6,8,15H2,1H3;6-8H,2,5H2,1,3-4H3,(H,13,14);1-2H3/b11-9-,14-7?;10-7-,12-6+;. The van der Waals surface area contributed by atoms with Gasteiger partial charge in [0.1, 0.15) is 0 Å². The summed E-state index contributed by atoms with van der Waals surface area (Å²) in [6.07, 6.45) is 7.53. The smallest absolute Gasteiger partial charge is 0.211 e. The van der Waals surface area contributed by atoms with Gasteiger partial charge in [-0.3, -0.25) is 4.79 Å². The molecule has 1 aliphatic heterocycles. The van der Waals surface area contributed by atoms with Crippen molar-refractivity contribution in [3.05, 3.63) is 88.8 Å². The molecule has 1 aliphatic rings. The number of nitrogens with one attached hydrogen (secondary N) is 2. The van der Waals surface area contributed by atoms with E-state index in [0.29, 0.717) is 23.8 Å². The van der Waals surface area contributed by atoms with E-state index in [1.165, 1.54) is 22.2 Å². The lowest BCUT2D eigenvalue weighted by atomic mass is 10.0. The van der Waals surface area contributed by atoms with E-state index in [0.717, 1.165) is 28.8 Å². The fourth-order valence-corrected chi connectivity index (χ4v) is 4.22. The van der Waals surface area contributed by atoms with E-state index >= 15 is 0 Å². The first-order valence-electron chi connectivity index (χ1n) is 10.8. The first-order valence-corrected chi connectivity index (χ1v) is 11.7. The van der Waals surface area contributed by atoms with Crippen molar-refractivity contribution in [2.24, 2.45) is 5.73 Å². The van der Waals surface area contributed by atoms with Crippen molar-refractivity contribution in [3.8, 4) is 0 Å². The van der Waals surface area contributed by atoms with Crippen molar-refractivity contribution >= 4 is 24.4 Å². The quantitative estimate of drug-likeness (QED) is 0.232. The van der Waals surface area contributed by atoms with Crippen LogP contribution in [0.5, 0.6) is 0 Å². The summed E-state index contributed by atoms with van der Waals surface area (Å²) in [6, 6.07) is 8.51. The van der Waals surface area contributed by atoms with Gasteiger partial charge in [0, 0.05) is 34.2 Å². The first kappa shape index (κ1) is 29.2. The molecule has 174 valence electrons. The Morgan fingerprint density at radius 2 is 1.88 bits per heavy atom. The number of hydrogen-bond acceptors (Lipinski definition) is 4. The van der Waals surface area contributed by atoms with Crippen LogP contribution in [-0.2, 0) is 11.2 Å². The molecule has 0 spiro atoms. The van der Waals surface area contributed by atoms with Crippen molar-refractivity contribution < 1.29 is 4.79 Å². The molecule has 0 aliphatic carbocycles. The molecule has 4 nitrogen and oxygen atoms in total. The highest BCUT2D eigenvalue weighted by atomic mass is 32.2. The second kappa shape index (κ2) is 15.9. The van der Waals surface area contributed by atoms with Gasteiger partial charge >= 0.3 is 0 Å². The molecule has 1 aromatic rings. The minimum absolute atomic E-state index is 0.456. The average molecular weight is 454 g/mol. The Bertz CT molecular complexity index is 869. The minimum atomic E-state index is 0.456. The van der Waals surface area contributed by atoms with E-state index in [-0.39, 0.29) is 0 Å². The van der Waals surface area contributed by atoms with Crippen molar-refractivity contribution in [2.45, 2.75) is 64.5 Å². The number of hydrogen-bond donors (Lipinski definition) is 3. The van der Waals surface area contributed by atoms with Crippen molar-refractivity contribution in [2.75, 3.05) is 0 Å². The third-order valence-electron chi connectivity index (χ3n) is 4.84. The molecular weight excluding hydrogens is 414 g/mol. The fraction of sp³-hybridized carbons (Fsp3) is 0.333. The SMILES string of the molecule is C/C(=C(/N)CC=N)C1Cc2ccccc2S1.C=C(NC=O)/C(C)=C\C(=C/C)C(=C)C.CC. The molecule has 4 N–H and O–H groups in total. The molecule has 0 radical (unpaired) electrons. The van der Waals surface area contributed by atoms with E-state index < -0.39 is 0 Å². The molecule has 0 aromatic heterocycles. The van der Waals surface area contributed by atoms with Gasteiger partial charge in [0.05, 0.1) is 0 Å². The summed E-state index contributed by atoms with van der Waals surface area (Å²) >= 11 is 1.89. The van der Waals surface area contributed by atoms with Gasteiger partial charge in [-0.15, -0.1) is 11.8 Å². The highest BCUT2D eigenvalue weighted by Crippen LogP contribution is 2.40. The summed E-state index contributed by atoms with van der Waals surface area (Å²) in [7, 11) is 0. The Morgan fingerprint density at radius 1 is 1.25 bits per heavy atom. The van der Waals surface area contributed by atoms with E-state index in [2.05, 4.69) is 49.7 Å². The molecule has 1 unspecified atom stereocenters. The van der Waals surface area contributed by atoms with E-state index in [1.54, 1.807) is 0 Å². The number of carbonyl (C=O) groups is 1. The first-order chi connectivity index (χ1) is 15.2. The molecule has 0 saturated carbocycles. The molecule has 0 bridgehead atoms. The molecule has 1 heterocycles. The predicted molar refractivity (Wildman–Crippen MR) is 142 cm³/mol. The molecule has 1 aromatic carbocycles. The minimum Gasteiger partial charge on any atom is -0.402 e. The largest absolute Gasteiger partial charge is 0.402 e. The molecule has 2 rings (SSSR count). The zero-order chi connectivity index (χ0) is 24.7. The summed E-state index contributed by atoms with van der Waals surface area (Å²) in [5.41, 5.74) is 13.0. The van der Waals surface area contributed by atoms with Crippen molar-refractivity contribution in [1.29, 1.82) is 5.41 Å². The molecular formula is C27H39N3OS. The van der Waals surface area contributed by atoms with Crippen LogP contribution in [0.15, 0.2) is 88.2 Å². The molecule has 1 atom stereocenters. The van der Waals surface area contributed by atoms with Crippen LogP contribution < -0.4 is 11.1 Å². The zero-order valence-electron chi connectivity index (χ0n) is 20.4. The predicted octanol–water partition coefficient (Wildman–Crippen LogP) is 6.72. The number of thioether (sulfide) groups is 1. The van der Waals surface area contributed by atoms with E-state index in [1.807, 2.05) is 58.5 Å². The number of amides is 1. The summed E-state index contributed by atoms with van der Waals surface area (Å²) in [5, 5.41) is 10.0. The Morgan fingerprint density at radius 3 is 2.38 bits per heavy atom. The van der Waals surface area contributed by atoms with E-state index in [9.17, 15) is 4.79 Å². The number of nitrogens with two attached hydrogens (primary N) is 1. The maximum Gasteiger partial charge on any atom is 0.211 e. The lowest BCUT2D eigenvalue weighted by molar-refractivity contribution is -0.108. The summed E-state index contributed by atoms with van der Waals surface area (Å²) < 4.78 is 0. The van der Waals surface area contributed by atoms with Crippen LogP contribution in [0.2, 0.25) is 0 Å². The molecule has 32 heavy (non-hydrogen) atoms. The van der Waals surface area contributed by atoms with Crippen LogP contribution in [0.3, 0.4) is 0 Å². The highest BCUT2D eigenvalue weighted by Gasteiger charge is 2.24. The highest BCUT2D eigenvalue weighted by molar-refractivity contribution is 8.00. The number of carbonyl (C=O) groups excluding carboxylic acids is 1. The zero-order valence-corrected chi connectivity index (χ0v) is 21.2. The van der Waals surface area contributed by atoms with Crippen LogP contribution in [0.4, 0.5) is 0 Å². The monoisotopic (exact) mass is 453 g/mol. The number of allylic oxidation sites excluding steroid dienone is 6. The number of benzene rings is 1. The molecule has 5 heteroatoms. The average Bonchev–Trinajstić information content (AvgIpc) is 3.23. The Kier molecular flexibility index (Phi) is 14.5. The lowest BCUT2D eigenvalue weighted by Crippen LogP contribution is -2.11. The molecule has 0 fully saturated rings. The normalized spacial score (nSPS) is 15.6. The Hall–Kier alpha value is -2.79.